The summed E-state index contributed by atoms with van der Waals surface area (Å²) < 4.78 is 0. The van der Waals surface area contributed by atoms with Gasteiger partial charge in [-0.05, 0) is 24.8 Å². The van der Waals surface area contributed by atoms with Crippen LogP contribution in [-0.2, 0) is 0 Å². The molecule has 0 saturated heterocycles. The largest absolute Gasteiger partial charge is 0.392 e. The van der Waals surface area contributed by atoms with Crippen molar-refractivity contribution < 1.29 is 9.72 Å². The average molecular weight is 312 g/mol. The molecule has 6 nitrogen and oxygen atoms in total. The van der Waals surface area contributed by atoms with Crippen molar-refractivity contribution in [1.29, 1.82) is 0 Å². The van der Waals surface area contributed by atoms with Crippen molar-refractivity contribution in [3.63, 3.8) is 0 Å². The van der Waals surface area contributed by atoms with Gasteiger partial charge in [0.2, 0.25) is 0 Å². The second-order valence-corrected chi connectivity index (χ2v) is 5.89. The highest BCUT2D eigenvalue weighted by atomic mass is 35.5. The Morgan fingerprint density at radius 1 is 1.48 bits per heavy atom. The predicted octanol–water partition coefficient (Wildman–Crippen LogP) is 3.09. The van der Waals surface area contributed by atoms with Crippen molar-refractivity contribution in [1.82, 2.24) is 4.90 Å². The molecule has 0 heterocycles. The molecule has 0 radical (unpaired) electrons. The molecule has 0 bridgehead atoms. The topological polar surface area (TPSA) is 89.5 Å². The normalized spacial score (nSPS) is 15.1. The number of anilines is 1. The summed E-state index contributed by atoms with van der Waals surface area (Å²) >= 11 is 5.88. The molecule has 0 atom stereocenters. The molecule has 21 heavy (non-hydrogen) atoms. The van der Waals surface area contributed by atoms with Crippen molar-refractivity contribution >= 4 is 28.9 Å². The molecule has 1 amide bonds. The number of nitrogen functional groups attached to an aromatic ring is 1. The summed E-state index contributed by atoms with van der Waals surface area (Å²) in [6.45, 7) is 0.661. The number of nitro groups is 1. The van der Waals surface area contributed by atoms with Gasteiger partial charge in [0.15, 0.2) is 0 Å². The molecule has 7 heteroatoms. The standard InChI is InChI=1S/C14H18ClN3O3/c1-17(8-9-4-2-3-5-9)14(19)10-6-11(15)13(16)12(7-10)18(20)21/h6-7,9H,2-5,8,16H2,1H3. The lowest BCUT2D eigenvalue weighted by molar-refractivity contribution is -0.383. The molecular weight excluding hydrogens is 294 g/mol. The van der Waals surface area contributed by atoms with Crippen LogP contribution in [0.5, 0.6) is 0 Å². The van der Waals surface area contributed by atoms with Crippen LogP contribution in [0, 0.1) is 16.0 Å². The Kier molecular flexibility index (Phi) is 4.67. The maximum atomic E-state index is 12.4. The van der Waals surface area contributed by atoms with Gasteiger partial charge >= 0.3 is 0 Å². The van der Waals surface area contributed by atoms with Crippen LogP contribution in [0.4, 0.5) is 11.4 Å². The van der Waals surface area contributed by atoms with E-state index in [1.54, 1.807) is 11.9 Å². The fourth-order valence-electron chi connectivity index (χ4n) is 2.76. The van der Waals surface area contributed by atoms with Gasteiger partial charge < -0.3 is 10.6 Å². The minimum atomic E-state index is -0.630. The number of nitrogens with two attached hydrogens (primary N) is 1. The molecular formula is C14H18ClN3O3. The van der Waals surface area contributed by atoms with Crippen LogP contribution < -0.4 is 5.73 Å². The third-order valence-electron chi connectivity index (χ3n) is 3.90. The van der Waals surface area contributed by atoms with Gasteiger partial charge in [0.25, 0.3) is 11.6 Å². The Labute approximate surface area is 128 Å². The van der Waals surface area contributed by atoms with Gasteiger partial charge in [0, 0.05) is 25.2 Å². The Morgan fingerprint density at radius 3 is 2.67 bits per heavy atom. The summed E-state index contributed by atoms with van der Waals surface area (Å²) in [6, 6.07) is 2.58. The summed E-state index contributed by atoms with van der Waals surface area (Å²) in [5.41, 5.74) is 5.31. The third-order valence-corrected chi connectivity index (χ3v) is 4.22. The van der Waals surface area contributed by atoms with Gasteiger partial charge in [0.05, 0.1) is 9.95 Å². The number of nitrogens with zero attached hydrogens (tertiary/aromatic N) is 2. The number of carbonyl (C=O) groups excluding carboxylic acids is 1. The molecule has 0 aliphatic heterocycles. The summed E-state index contributed by atoms with van der Waals surface area (Å²) in [7, 11) is 1.71. The van der Waals surface area contributed by atoms with E-state index in [9.17, 15) is 14.9 Å². The van der Waals surface area contributed by atoms with Crippen LogP contribution in [-0.4, -0.2) is 29.3 Å². The van der Waals surface area contributed by atoms with Crippen LogP contribution in [0.15, 0.2) is 12.1 Å². The van der Waals surface area contributed by atoms with E-state index in [-0.39, 0.29) is 27.9 Å². The molecule has 1 aliphatic carbocycles. The zero-order valence-corrected chi connectivity index (χ0v) is 12.6. The average Bonchev–Trinajstić information content (AvgIpc) is 2.93. The highest BCUT2D eigenvalue weighted by Crippen LogP contribution is 2.31. The minimum Gasteiger partial charge on any atom is -0.392 e. The molecule has 0 aromatic heterocycles. The number of hydrogen-bond donors (Lipinski definition) is 1. The van der Waals surface area contributed by atoms with E-state index in [0.717, 1.165) is 12.8 Å². The lowest BCUT2D eigenvalue weighted by atomic mass is 10.1. The third kappa shape index (κ3) is 3.44. The number of amides is 1. The number of carbonyl (C=O) groups is 1. The van der Waals surface area contributed by atoms with Crippen molar-refractivity contribution in [3.05, 3.63) is 32.8 Å². The van der Waals surface area contributed by atoms with E-state index in [2.05, 4.69) is 0 Å². The monoisotopic (exact) mass is 311 g/mol. The van der Waals surface area contributed by atoms with E-state index in [0.29, 0.717) is 12.5 Å². The molecule has 2 N–H and O–H groups in total. The quantitative estimate of drug-likeness (QED) is 0.525. The molecule has 114 valence electrons. The van der Waals surface area contributed by atoms with Gasteiger partial charge in [-0.3, -0.25) is 14.9 Å². The van der Waals surface area contributed by atoms with Crippen LogP contribution in [0.25, 0.3) is 0 Å². The van der Waals surface area contributed by atoms with Crippen molar-refractivity contribution in [3.8, 4) is 0 Å². The van der Waals surface area contributed by atoms with E-state index in [1.165, 1.54) is 25.0 Å². The lowest BCUT2D eigenvalue weighted by Gasteiger charge is -2.21. The maximum Gasteiger partial charge on any atom is 0.294 e. The predicted molar refractivity (Wildman–Crippen MR) is 81.4 cm³/mol. The van der Waals surface area contributed by atoms with E-state index in [4.69, 9.17) is 17.3 Å². The number of benzene rings is 1. The Balaban J connectivity index is 2.20. The fraction of sp³-hybridized carbons (Fsp3) is 0.500. The van der Waals surface area contributed by atoms with Crippen LogP contribution in [0.1, 0.15) is 36.0 Å². The van der Waals surface area contributed by atoms with E-state index in [1.807, 2.05) is 0 Å². The van der Waals surface area contributed by atoms with Crippen LogP contribution in [0.2, 0.25) is 5.02 Å². The highest BCUT2D eigenvalue weighted by molar-refractivity contribution is 6.34. The molecule has 1 saturated carbocycles. The summed E-state index contributed by atoms with van der Waals surface area (Å²) in [5.74, 6) is 0.241. The van der Waals surface area contributed by atoms with Gasteiger partial charge in [-0.25, -0.2) is 0 Å². The smallest absolute Gasteiger partial charge is 0.294 e. The van der Waals surface area contributed by atoms with Crippen molar-refractivity contribution in [2.45, 2.75) is 25.7 Å². The maximum absolute atomic E-state index is 12.4. The Hall–Kier alpha value is -1.82. The zero-order chi connectivity index (χ0) is 15.6. The first-order valence-electron chi connectivity index (χ1n) is 6.89. The summed E-state index contributed by atoms with van der Waals surface area (Å²) in [6.07, 6.45) is 4.65. The van der Waals surface area contributed by atoms with E-state index < -0.39 is 4.92 Å². The molecule has 1 aromatic rings. The molecule has 1 aliphatic rings. The van der Waals surface area contributed by atoms with Crippen LogP contribution in [0.3, 0.4) is 0 Å². The van der Waals surface area contributed by atoms with Gasteiger partial charge in [0.1, 0.15) is 5.69 Å². The second-order valence-electron chi connectivity index (χ2n) is 5.48. The molecule has 0 spiro atoms. The summed E-state index contributed by atoms with van der Waals surface area (Å²) in [5, 5.41) is 11.0. The van der Waals surface area contributed by atoms with Crippen LogP contribution >= 0.6 is 11.6 Å². The summed E-state index contributed by atoms with van der Waals surface area (Å²) in [4.78, 5) is 24.3. The zero-order valence-electron chi connectivity index (χ0n) is 11.8. The number of halogens is 1. The second kappa shape index (κ2) is 6.30. The SMILES string of the molecule is CN(CC1CCCC1)C(=O)c1cc(Cl)c(N)c([N+](=O)[O-])c1. The first-order valence-corrected chi connectivity index (χ1v) is 7.26. The Morgan fingerprint density at radius 2 is 2.10 bits per heavy atom. The van der Waals surface area contributed by atoms with E-state index >= 15 is 0 Å². The fourth-order valence-corrected chi connectivity index (χ4v) is 2.98. The molecule has 0 unspecified atom stereocenters. The molecule has 2 rings (SSSR count). The molecule has 1 fully saturated rings. The Bertz CT molecular complexity index is 571. The van der Waals surface area contributed by atoms with Gasteiger partial charge in [-0.1, -0.05) is 24.4 Å². The first-order chi connectivity index (χ1) is 9.90. The highest BCUT2D eigenvalue weighted by Gasteiger charge is 2.23. The van der Waals surface area contributed by atoms with Crippen molar-refractivity contribution in [2.24, 2.45) is 5.92 Å². The van der Waals surface area contributed by atoms with Crippen molar-refractivity contribution in [2.75, 3.05) is 19.3 Å². The lowest BCUT2D eigenvalue weighted by Crippen LogP contribution is -2.31. The number of hydrogen-bond acceptors (Lipinski definition) is 4. The first kappa shape index (κ1) is 15.6. The minimum absolute atomic E-state index is 0.0295. The van der Waals surface area contributed by atoms with Gasteiger partial charge in [-0.15, -0.1) is 0 Å². The number of nitro benzene ring substituents is 1. The number of rotatable bonds is 4. The molecule has 1 aromatic carbocycles. The van der Waals surface area contributed by atoms with Gasteiger partial charge in [-0.2, -0.15) is 0 Å².